The van der Waals surface area contributed by atoms with Crippen LogP contribution in [-0.4, -0.2) is 38.5 Å². The van der Waals surface area contributed by atoms with Crippen molar-refractivity contribution < 1.29 is 9.47 Å². The molecule has 2 heterocycles. The van der Waals surface area contributed by atoms with Crippen LogP contribution in [-0.2, 0) is 9.47 Å². The van der Waals surface area contributed by atoms with Crippen LogP contribution in [0.2, 0.25) is 0 Å². The quantitative estimate of drug-likeness (QED) is 0.705. The summed E-state index contributed by atoms with van der Waals surface area (Å²) in [5, 5.41) is 3.37. The predicted molar refractivity (Wildman–Crippen MR) is 60.1 cm³/mol. The zero-order valence-corrected chi connectivity index (χ0v) is 9.54. The second-order valence-corrected chi connectivity index (χ2v) is 4.62. The third-order valence-electron chi connectivity index (χ3n) is 3.30. The molecule has 88 valence electrons. The lowest BCUT2D eigenvalue weighted by Gasteiger charge is -2.23. The molecule has 15 heavy (non-hydrogen) atoms. The summed E-state index contributed by atoms with van der Waals surface area (Å²) in [6, 6.07) is 0. The molecule has 2 saturated heterocycles. The molecule has 1 N–H and O–H groups in total. The summed E-state index contributed by atoms with van der Waals surface area (Å²) >= 11 is 0. The van der Waals surface area contributed by atoms with Gasteiger partial charge in [-0.25, -0.2) is 0 Å². The maximum absolute atomic E-state index is 5.82. The van der Waals surface area contributed by atoms with Crippen molar-refractivity contribution in [2.45, 2.75) is 50.7 Å². The van der Waals surface area contributed by atoms with Gasteiger partial charge in [-0.15, -0.1) is 0 Å². The fraction of sp³-hybridized carbons (Fsp3) is 1.00. The lowest BCUT2D eigenvalue weighted by molar-refractivity contribution is 0.0261. The first-order valence-electron chi connectivity index (χ1n) is 6.39. The van der Waals surface area contributed by atoms with E-state index in [0.717, 1.165) is 32.7 Å². The molecule has 0 aromatic heterocycles. The van der Waals surface area contributed by atoms with Crippen molar-refractivity contribution in [3.63, 3.8) is 0 Å². The molecule has 2 aliphatic heterocycles. The van der Waals surface area contributed by atoms with Gasteiger partial charge < -0.3 is 14.8 Å². The Balaban J connectivity index is 1.47. The molecule has 3 nitrogen and oxygen atoms in total. The summed E-state index contributed by atoms with van der Waals surface area (Å²) < 4.78 is 11.4. The van der Waals surface area contributed by atoms with Crippen LogP contribution >= 0.6 is 0 Å². The molecule has 0 amide bonds. The molecule has 2 atom stereocenters. The zero-order valence-electron chi connectivity index (χ0n) is 9.54. The number of hydrogen-bond acceptors (Lipinski definition) is 3. The summed E-state index contributed by atoms with van der Waals surface area (Å²) in [4.78, 5) is 0. The van der Waals surface area contributed by atoms with Crippen molar-refractivity contribution in [2.24, 2.45) is 0 Å². The van der Waals surface area contributed by atoms with Gasteiger partial charge in [-0.05, 0) is 45.1 Å². The molecule has 1 unspecified atom stereocenters. The van der Waals surface area contributed by atoms with E-state index in [9.17, 15) is 0 Å². The van der Waals surface area contributed by atoms with Gasteiger partial charge in [0.2, 0.25) is 0 Å². The molecule has 2 aliphatic rings. The normalized spacial score (nSPS) is 32.0. The Morgan fingerprint density at radius 2 is 2.27 bits per heavy atom. The topological polar surface area (TPSA) is 30.5 Å². The average Bonchev–Trinajstić information content (AvgIpc) is 2.79. The maximum Gasteiger partial charge on any atom is 0.0699 e. The van der Waals surface area contributed by atoms with E-state index in [0.29, 0.717) is 12.2 Å². The Labute approximate surface area is 92.5 Å². The van der Waals surface area contributed by atoms with Gasteiger partial charge >= 0.3 is 0 Å². The van der Waals surface area contributed by atoms with E-state index in [1.807, 2.05) is 0 Å². The fourth-order valence-corrected chi connectivity index (χ4v) is 2.40. The molecule has 0 radical (unpaired) electrons. The monoisotopic (exact) mass is 213 g/mol. The number of rotatable bonds is 5. The van der Waals surface area contributed by atoms with E-state index in [2.05, 4.69) is 5.32 Å². The molecule has 0 bridgehead atoms. The van der Waals surface area contributed by atoms with E-state index in [-0.39, 0.29) is 0 Å². The summed E-state index contributed by atoms with van der Waals surface area (Å²) in [6.07, 6.45) is 8.31. The number of nitrogens with one attached hydrogen (secondary N) is 1. The van der Waals surface area contributed by atoms with Gasteiger partial charge in [0.25, 0.3) is 0 Å². The largest absolute Gasteiger partial charge is 0.378 e. The van der Waals surface area contributed by atoms with Gasteiger partial charge in [-0.3, -0.25) is 0 Å². The molecule has 2 rings (SSSR count). The molecule has 0 aliphatic carbocycles. The maximum atomic E-state index is 5.82. The number of piperidine rings is 1. The SMILES string of the molecule is C1COC(CCCO[C@H]2CCCNC2)C1. The molecule has 2 fully saturated rings. The highest BCUT2D eigenvalue weighted by Crippen LogP contribution is 2.17. The van der Waals surface area contributed by atoms with Crippen molar-refractivity contribution in [3.05, 3.63) is 0 Å². The Morgan fingerprint density at radius 1 is 1.27 bits per heavy atom. The third kappa shape index (κ3) is 4.09. The van der Waals surface area contributed by atoms with Gasteiger partial charge in [0.05, 0.1) is 12.2 Å². The van der Waals surface area contributed by atoms with E-state index in [4.69, 9.17) is 9.47 Å². The third-order valence-corrected chi connectivity index (χ3v) is 3.30. The number of ether oxygens (including phenoxy) is 2. The molecule has 0 aromatic rings. The number of hydrogen-bond donors (Lipinski definition) is 1. The van der Waals surface area contributed by atoms with Crippen LogP contribution in [0, 0.1) is 0 Å². The Bertz CT molecular complexity index is 163. The Hall–Kier alpha value is -0.120. The molecule has 0 spiro atoms. The standard InChI is InChI=1S/C12H23NO2/c1-4-12(10-13-7-1)15-9-3-6-11-5-2-8-14-11/h11-13H,1-10H2/t11?,12-/m0/s1. The Morgan fingerprint density at radius 3 is 3.00 bits per heavy atom. The smallest absolute Gasteiger partial charge is 0.0699 e. The highest BCUT2D eigenvalue weighted by Gasteiger charge is 2.16. The molecule has 0 saturated carbocycles. The lowest BCUT2D eigenvalue weighted by Crippen LogP contribution is -2.35. The van der Waals surface area contributed by atoms with Crippen LogP contribution in [0.1, 0.15) is 38.5 Å². The van der Waals surface area contributed by atoms with Crippen LogP contribution in [0.5, 0.6) is 0 Å². The Kier molecular flexibility index (Phi) is 4.90. The van der Waals surface area contributed by atoms with Gasteiger partial charge in [0, 0.05) is 19.8 Å². The average molecular weight is 213 g/mol. The van der Waals surface area contributed by atoms with Gasteiger partial charge in [-0.2, -0.15) is 0 Å². The predicted octanol–water partition coefficient (Wildman–Crippen LogP) is 1.71. The van der Waals surface area contributed by atoms with E-state index >= 15 is 0 Å². The molecule has 0 aromatic carbocycles. The highest BCUT2D eigenvalue weighted by molar-refractivity contribution is 4.69. The minimum Gasteiger partial charge on any atom is -0.378 e. The van der Waals surface area contributed by atoms with Gasteiger partial charge in [-0.1, -0.05) is 0 Å². The van der Waals surface area contributed by atoms with Crippen molar-refractivity contribution in [2.75, 3.05) is 26.3 Å². The minimum absolute atomic E-state index is 0.461. The van der Waals surface area contributed by atoms with E-state index in [1.54, 1.807) is 0 Å². The summed E-state index contributed by atoms with van der Waals surface area (Å²) in [6.45, 7) is 4.08. The van der Waals surface area contributed by atoms with Crippen LogP contribution < -0.4 is 5.32 Å². The highest BCUT2D eigenvalue weighted by atomic mass is 16.5. The second kappa shape index (κ2) is 6.46. The van der Waals surface area contributed by atoms with Crippen molar-refractivity contribution >= 4 is 0 Å². The minimum atomic E-state index is 0.461. The van der Waals surface area contributed by atoms with Crippen molar-refractivity contribution in [3.8, 4) is 0 Å². The van der Waals surface area contributed by atoms with E-state index < -0.39 is 0 Å². The van der Waals surface area contributed by atoms with Crippen LogP contribution in [0.15, 0.2) is 0 Å². The lowest BCUT2D eigenvalue weighted by atomic mass is 10.1. The zero-order chi connectivity index (χ0) is 10.3. The fourth-order valence-electron chi connectivity index (χ4n) is 2.40. The summed E-state index contributed by atoms with van der Waals surface area (Å²) in [5.74, 6) is 0. The van der Waals surface area contributed by atoms with Crippen molar-refractivity contribution in [1.29, 1.82) is 0 Å². The van der Waals surface area contributed by atoms with Gasteiger partial charge in [0.1, 0.15) is 0 Å². The van der Waals surface area contributed by atoms with Crippen LogP contribution in [0.4, 0.5) is 0 Å². The first-order chi connectivity index (χ1) is 7.45. The molecular formula is C12H23NO2. The van der Waals surface area contributed by atoms with Crippen LogP contribution in [0.25, 0.3) is 0 Å². The van der Waals surface area contributed by atoms with Gasteiger partial charge in [0.15, 0.2) is 0 Å². The summed E-state index contributed by atoms with van der Waals surface area (Å²) in [5.41, 5.74) is 0. The van der Waals surface area contributed by atoms with E-state index in [1.165, 1.54) is 32.1 Å². The van der Waals surface area contributed by atoms with Crippen molar-refractivity contribution in [1.82, 2.24) is 5.32 Å². The second-order valence-electron chi connectivity index (χ2n) is 4.62. The molecule has 3 heteroatoms. The first kappa shape index (κ1) is 11.4. The first-order valence-corrected chi connectivity index (χ1v) is 6.39. The summed E-state index contributed by atoms with van der Waals surface area (Å²) in [7, 11) is 0. The van der Waals surface area contributed by atoms with Crippen LogP contribution in [0.3, 0.4) is 0 Å². The molecular weight excluding hydrogens is 190 g/mol.